The Hall–Kier alpha value is -2.10. The Morgan fingerprint density at radius 1 is 1.38 bits per heavy atom. The Morgan fingerprint density at radius 3 is 2.75 bits per heavy atom. The van der Waals surface area contributed by atoms with E-state index in [0.717, 1.165) is 5.69 Å². The van der Waals surface area contributed by atoms with Crippen LogP contribution in [-0.4, -0.2) is 22.1 Å². The maximum Gasteiger partial charge on any atom is 0.185 e. The first kappa shape index (κ1) is 10.4. The molecule has 0 aliphatic rings. The first-order chi connectivity index (χ1) is 7.75. The lowest BCUT2D eigenvalue weighted by atomic mass is 10.2. The Kier molecular flexibility index (Phi) is 3.00. The van der Waals surface area contributed by atoms with Gasteiger partial charge >= 0.3 is 0 Å². The van der Waals surface area contributed by atoms with Gasteiger partial charge in [-0.15, -0.1) is 0 Å². The summed E-state index contributed by atoms with van der Waals surface area (Å²) in [6, 6.07) is 9.65. The van der Waals surface area contributed by atoms with Crippen molar-refractivity contribution in [2.45, 2.75) is 0 Å². The van der Waals surface area contributed by atoms with Crippen LogP contribution in [0.1, 0.15) is 10.4 Å². The van der Waals surface area contributed by atoms with Crippen molar-refractivity contribution in [3.05, 3.63) is 48.3 Å². The molecule has 2 rings (SSSR count). The number of nitrogens with zero attached hydrogens (tertiary/aromatic N) is 2. The Morgan fingerprint density at radius 2 is 2.12 bits per heavy atom. The Balaban J connectivity index is 1.94. The van der Waals surface area contributed by atoms with Crippen LogP contribution in [0.4, 0.5) is 5.69 Å². The SMILES string of the molecule is Cn1cc(C(=O)CNc2ccccc2)cn1. The van der Waals surface area contributed by atoms with Gasteiger partial charge in [0.05, 0.1) is 18.3 Å². The summed E-state index contributed by atoms with van der Waals surface area (Å²) in [4.78, 5) is 11.7. The van der Waals surface area contributed by atoms with Crippen LogP contribution < -0.4 is 5.32 Å². The number of rotatable bonds is 4. The van der Waals surface area contributed by atoms with E-state index in [0.29, 0.717) is 5.56 Å². The van der Waals surface area contributed by atoms with E-state index in [4.69, 9.17) is 0 Å². The fourth-order valence-electron chi connectivity index (χ4n) is 1.41. The van der Waals surface area contributed by atoms with E-state index in [9.17, 15) is 4.79 Å². The summed E-state index contributed by atoms with van der Waals surface area (Å²) in [5, 5.41) is 7.03. The average molecular weight is 215 g/mol. The van der Waals surface area contributed by atoms with Crippen LogP contribution in [-0.2, 0) is 7.05 Å². The number of aromatic nitrogens is 2. The molecule has 0 atom stereocenters. The molecule has 0 radical (unpaired) electrons. The standard InChI is InChI=1S/C12H13N3O/c1-15-9-10(7-14-15)12(16)8-13-11-5-3-2-4-6-11/h2-7,9,13H,8H2,1H3. The molecule has 0 spiro atoms. The van der Waals surface area contributed by atoms with Gasteiger partial charge in [-0.2, -0.15) is 5.10 Å². The normalized spacial score (nSPS) is 10.1. The van der Waals surface area contributed by atoms with Crippen LogP contribution in [0.25, 0.3) is 0 Å². The molecule has 2 aromatic rings. The molecule has 1 aromatic carbocycles. The summed E-state index contributed by atoms with van der Waals surface area (Å²) < 4.78 is 1.62. The van der Waals surface area contributed by atoms with E-state index in [2.05, 4.69) is 10.4 Å². The van der Waals surface area contributed by atoms with Gasteiger partial charge in [0.25, 0.3) is 0 Å². The fraction of sp³-hybridized carbons (Fsp3) is 0.167. The van der Waals surface area contributed by atoms with E-state index in [-0.39, 0.29) is 12.3 Å². The number of Topliss-reactive ketones (excluding diaryl/α,β-unsaturated/α-hetero) is 1. The smallest absolute Gasteiger partial charge is 0.185 e. The molecule has 0 saturated carbocycles. The second kappa shape index (κ2) is 4.61. The number of carbonyl (C=O) groups excluding carboxylic acids is 1. The van der Waals surface area contributed by atoms with Gasteiger partial charge in [-0.25, -0.2) is 0 Å². The van der Waals surface area contributed by atoms with Gasteiger partial charge in [-0.3, -0.25) is 9.48 Å². The lowest BCUT2D eigenvalue weighted by Gasteiger charge is -2.03. The van der Waals surface area contributed by atoms with E-state index in [1.807, 2.05) is 30.3 Å². The minimum atomic E-state index is 0.0388. The van der Waals surface area contributed by atoms with Crippen LogP contribution >= 0.6 is 0 Å². The largest absolute Gasteiger partial charge is 0.378 e. The zero-order chi connectivity index (χ0) is 11.4. The zero-order valence-corrected chi connectivity index (χ0v) is 9.05. The molecule has 4 nitrogen and oxygen atoms in total. The van der Waals surface area contributed by atoms with Crippen LogP contribution in [0.2, 0.25) is 0 Å². The highest BCUT2D eigenvalue weighted by Gasteiger charge is 2.06. The molecule has 1 heterocycles. The summed E-state index contributed by atoms with van der Waals surface area (Å²) >= 11 is 0. The Labute approximate surface area is 93.9 Å². The van der Waals surface area contributed by atoms with Crippen molar-refractivity contribution in [3.63, 3.8) is 0 Å². The maximum absolute atomic E-state index is 11.7. The van der Waals surface area contributed by atoms with Crippen LogP contribution in [0, 0.1) is 0 Å². The lowest BCUT2D eigenvalue weighted by molar-refractivity contribution is 0.101. The number of aryl methyl sites for hydroxylation is 1. The molecule has 1 aromatic heterocycles. The van der Waals surface area contributed by atoms with Gasteiger partial charge in [-0.1, -0.05) is 18.2 Å². The van der Waals surface area contributed by atoms with Crippen molar-refractivity contribution < 1.29 is 4.79 Å². The van der Waals surface area contributed by atoms with Crippen molar-refractivity contribution in [2.24, 2.45) is 7.05 Å². The molecule has 0 aliphatic carbocycles. The molecule has 0 fully saturated rings. The van der Waals surface area contributed by atoms with Gasteiger partial charge in [0.1, 0.15) is 0 Å². The van der Waals surface area contributed by atoms with Crippen molar-refractivity contribution >= 4 is 11.5 Å². The molecule has 0 unspecified atom stereocenters. The van der Waals surface area contributed by atoms with Crippen LogP contribution in [0.3, 0.4) is 0 Å². The van der Waals surface area contributed by atoms with E-state index in [1.54, 1.807) is 24.1 Å². The number of hydrogen-bond acceptors (Lipinski definition) is 3. The molecule has 0 saturated heterocycles. The number of para-hydroxylation sites is 1. The summed E-state index contributed by atoms with van der Waals surface area (Å²) in [7, 11) is 1.79. The molecular formula is C12H13N3O. The highest BCUT2D eigenvalue weighted by molar-refractivity contribution is 5.98. The predicted octanol–water partition coefficient (Wildman–Crippen LogP) is 1.71. The number of anilines is 1. The summed E-state index contributed by atoms with van der Waals surface area (Å²) in [5.74, 6) is 0.0388. The lowest BCUT2D eigenvalue weighted by Crippen LogP contribution is -2.13. The number of ketones is 1. The molecular weight excluding hydrogens is 202 g/mol. The monoisotopic (exact) mass is 215 g/mol. The third-order valence-electron chi connectivity index (χ3n) is 2.25. The van der Waals surface area contributed by atoms with Crippen molar-refractivity contribution in [2.75, 3.05) is 11.9 Å². The minimum absolute atomic E-state index is 0.0388. The number of hydrogen-bond donors (Lipinski definition) is 1. The second-order valence-electron chi connectivity index (χ2n) is 3.55. The topological polar surface area (TPSA) is 46.9 Å². The van der Waals surface area contributed by atoms with Crippen LogP contribution in [0.5, 0.6) is 0 Å². The van der Waals surface area contributed by atoms with Crippen LogP contribution in [0.15, 0.2) is 42.7 Å². The van der Waals surface area contributed by atoms with Gasteiger partial charge in [0.15, 0.2) is 5.78 Å². The van der Waals surface area contributed by atoms with Gasteiger partial charge in [0, 0.05) is 18.9 Å². The summed E-state index contributed by atoms with van der Waals surface area (Å²) in [6.07, 6.45) is 3.30. The first-order valence-electron chi connectivity index (χ1n) is 5.06. The second-order valence-corrected chi connectivity index (χ2v) is 3.55. The molecule has 16 heavy (non-hydrogen) atoms. The molecule has 0 aliphatic heterocycles. The van der Waals surface area contributed by atoms with Gasteiger partial charge in [0.2, 0.25) is 0 Å². The predicted molar refractivity (Wildman–Crippen MR) is 62.5 cm³/mol. The molecule has 0 amide bonds. The minimum Gasteiger partial charge on any atom is -0.378 e. The zero-order valence-electron chi connectivity index (χ0n) is 9.05. The number of carbonyl (C=O) groups is 1. The van der Waals surface area contributed by atoms with Gasteiger partial charge in [-0.05, 0) is 12.1 Å². The molecule has 82 valence electrons. The van der Waals surface area contributed by atoms with E-state index >= 15 is 0 Å². The summed E-state index contributed by atoms with van der Waals surface area (Å²) in [5.41, 5.74) is 1.57. The number of nitrogens with one attached hydrogen (secondary N) is 1. The van der Waals surface area contributed by atoms with Crippen molar-refractivity contribution in [1.29, 1.82) is 0 Å². The fourth-order valence-corrected chi connectivity index (χ4v) is 1.41. The highest BCUT2D eigenvalue weighted by Crippen LogP contribution is 2.05. The third-order valence-corrected chi connectivity index (χ3v) is 2.25. The van der Waals surface area contributed by atoms with E-state index < -0.39 is 0 Å². The first-order valence-corrected chi connectivity index (χ1v) is 5.06. The van der Waals surface area contributed by atoms with Gasteiger partial charge < -0.3 is 5.32 Å². The van der Waals surface area contributed by atoms with Crippen molar-refractivity contribution in [1.82, 2.24) is 9.78 Å². The quantitative estimate of drug-likeness (QED) is 0.790. The molecule has 1 N–H and O–H groups in total. The third kappa shape index (κ3) is 2.48. The Bertz CT molecular complexity index is 476. The highest BCUT2D eigenvalue weighted by atomic mass is 16.1. The summed E-state index contributed by atoms with van der Waals surface area (Å²) in [6.45, 7) is 0.287. The molecule has 4 heteroatoms. The van der Waals surface area contributed by atoms with E-state index in [1.165, 1.54) is 0 Å². The average Bonchev–Trinajstić information content (AvgIpc) is 2.74. The maximum atomic E-state index is 11.7. The number of benzene rings is 1. The van der Waals surface area contributed by atoms with Crippen molar-refractivity contribution in [3.8, 4) is 0 Å². The molecule has 0 bridgehead atoms.